The number of carbonyl (C=O) groups excluding carboxylic acids is 2. The van der Waals surface area contributed by atoms with Gasteiger partial charge in [-0.1, -0.05) is 0 Å². The van der Waals surface area contributed by atoms with E-state index < -0.39 is 30.3 Å². The van der Waals surface area contributed by atoms with Gasteiger partial charge >= 0.3 is 0 Å². The first kappa shape index (κ1) is 23.9. The van der Waals surface area contributed by atoms with Crippen molar-refractivity contribution in [3.63, 3.8) is 0 Å². The molecule has 12 nitrogen and oxygen atoms in total. The average molecular weight is 522 g/mol. The summed E-state index contributed by atoms with van der Waals surface area (Å²) in [6, 6.07) is 3.60. The Morgan fingerprint density at radius 2 is 2.00 bits per heavy atom. The number of nitrogens with one attached hydrogen (secondary N) is 3. The molecule has 4 atom stereocenters. The molecule has 2 aliphatic heterocycles. The van der Waals surface area contributed by atoms with E-state index in [0.717, 1.165) is 4.88 Å². The van der Waals surface area contributed by atoms with E-state index in [-0.39, 0.29) is 22.9 Å². The third kappa shape index (κ3) is 4.45. The van der Waals surface area contributed by atoms with Crippen LogP contribution in [0.15, 0.2) is 18.5 Å². The van der Waals surface area contributed by atoms with Gasteiger partial charge in [0.2, 0.25) is 5.28 Å². The van der Waals surface area contributed by atoms with E-state index >= 15 is 0 Å². The van der Waals surface area contributed by atoms with E-state index in [2.05, 4.69) is 31.1 Å². The van der Waals surface area contributed by atoms with Crippen molar-refractivity contribution in [2.24, 2.45) is 0 Å². The van der Waals surface area contributed by atoms with Gasteiger partial charge in [-0.15, -0.1) is 11.3 Å². The second-order valence-corrected chi connectivity index (χ2v) is 10.2. The minimum atomic E-state index is -0.901. The number of fused-ring (bicyclic) bond motifs is 2. The number of hydrogen-bond acceptors (Lipinski definition) is 10. The molecule has 35 heavy (non-hydrogen) atoms. The molecule has 0 unspecified atom stereocenters. The molecule has 2 amide bonds. The van der Waals surface area contributed by atoms with Crippen LogP contribution in [0.3, 0.4) is 0 Å². The van der Waals surface area contributed by atoms with Crippen molar-refractivity contribution in [3.8, 4) is 0 Å². The first-order valence-electron chi connectivity index (χ1n) is 11.0. The van der Waals surface area contributed by atoms with Gasteiger partial charge in [-0.05, 0) is 51.4 Å². The Morgan fingerprint density at radius 3 is 2.71 bits per heavy atom. The van der Waals surface area contributed by atoms with Crippen LogP contribution in [-0.2, 0) is 19.0 Å². The molecular weight excluding hydrogens is 498 g/mol. The summed E-state index contributed by atoms with van der Waals surface area (Å²) >= 11 is 7.56. The highest BCUT2D eigenvalue weighted by Crippen LogP contribution is 2.44. The number of amides is 2. The number of rotatable bonds is 6. The van der Waals surface area contributed by atoms with Crippen LogP contribution in [0, 0.1) is 6.92 Å². The standard InChI is InChI=1S/C21H24ClN7O5S/c1-5-23-18(31)13-12-14(34-21(3,4)33-12)19(32-13)29-8-24-11-15(25-20(22)26-16(11)29)27-28-17(30)10-7-6-9(2)35-10/h6-8,12-14,19H,5H2,1-4H3,(H,23,31)(H,28,30)(H,25,26,27)/t12-,13+,14-,19-/m1/s1. The maximum absolute atomic E-state index is 12.7. The first-order valence-corrected chi connectivity index (χ1v) is 12.2. The van der Waals surface area contributed by atoms with Crippen molar-refractivity contribution < 1.29 is 23.8 Å². The van der Waals surface area contributed by atoms with Crippen LogP contribution in [0.2, 0.25) is 5.28 Å². The Labute approximate surface area is 209 Å². The van der Waals surface area contributed by atoms with Gasteiger partial charge in [-0.25, -0.2) is 4.98 Å². The van der Waals surface area contributed by atoms with E-state index in [1.54, 1.807) is 24.5 Å². The third-order valence-corrected chi connectivity index (χ3v) is 6.73. The smallest absolute Gasteiger partial charge is 0.279 e. The van der Waals surface area contributed by atoms with Crippen LogP contribution in [0.25, 0.3) is 11.2 Å². The molecule has 2 saturated heterocycles. The van der Waals surface area contributed by atoms with Crippen molar-refractivity contribution in [1.82, 2.24) is 30.3 Å². The molecule has 5 heterocycles. The summed E-state index contributed by atoms with van der Waals surface area (Å²) in [5, 5.41) is 2.70. The van der Waals surface area contributed by atoms with Crippen LogP contribution in [0.1, 0.15) is 41.5 Å². The SMILES string of the molecule is CCNC(=O)[C@H]1O[C@@H](n2cnc3c(NNC(=O)c4ccc(C)s4)nc(Cl)nc32)[C@@H]2OC(C)(C)O[C@@H]21. The molecule has 0 aromatic carbocycles. The molecule has 3 aromatic rings. The van der Waals surface area contributed by atoms with Crippen molar-refractivity contribution in [1.29, 1.82) is 0 Å². The largest absolute Gasteiger partial charge is 0.354 e. The maximum atomic E-state index is 12.7. The van der Waals surface area contributed by atoms with E-state index in [1.165, 1.54) is 17.7 Å². The van der Waals surface area contributed by atoms with E-state index in [9.17, 15) is 9.59 Å². The lowest BCUT2D eigenvalue weighted by Crippen LogP contribution is -2.42. The highest BCUT2D eigenvalue weighted by Gasteiger charge is 2.58. The molecule has 0 saturated carbocycles. The van der Waals surface area contributed by atoms with E-state index in [1.807, 2.05) is 19.9 Å². The number of imidazole rings is 1. The maximum Gasteiger partial charge on any atom is 0.279 e. The second kappa shape index (κ2) is 8.99. The molecule has 0 aliphatic carbocycles. The Bertz CT molecular complexity index is 1290. The van der Waals surface area contributed by atoms with Gasteiger partial charge in [-0.3, -0.25) is 25.0 Å². The number of aromatic nitrogens is 4. The van der Waals surface area contributed by atoms with Gasteiger partial charge in [-0.2, -0.15) is 9.97 Å². The number of anilines is 1. The molecule has 0 bridgehead atoms. The lowest BCUT2D eigenvalue weighted by molar-refractivity contribution is -0.197. The van der Waals surface area contributed by atoms with Gasteiger partial charge in [0, 0.05) is 11.4 Å². The molecule has 0 spiro atoms. The zero-order chi connectivity index (χ0) is 24.9. The summed E-state index contributed by atoms with van der Waals surface area (Å²) in [6.07, 6.45) is -1.36. The van der Waals surface area contributed by atoms with Crippen LogP contribution < -0.4 is 16.2 Å². The van der Waals surface area contributed by atoms with Crippen molar-refractivity contribution in [3.05, 3.63) is 33.5 Å². The Balaban J connectivity index is 1.44. The normalized spacial score (nSPS) is 24.9. The van der Waals surface area contributed by atoms with Gasteiger partial charge in [0.15, 0.2) is 35.1 Å². The number of carbonyl (C=O) groups is 2. The van der Waals surface area contributed by atoms with E-state index in [4.69, 9.17) is 25.8 Å². The average Bonchev–Trinajstić information content (AvgIpc) is 3.54. The third-order valence-electron chi connectivity index (χ3n) is 5.57. The van der Waals surface area contributed by atoms with Crippen LogP contribution in [0.5, 0.6) is 0 Å². The highest BCUT2D eigenvalue weighted by molar-refractivity contribution is 7.13. The summed E-state index contributed by atoms with van der Waals surface area (Å²) in [5.41, 5.74) is 6.06. The van der Waals surface area contributed by atoms with Gasteiger partial charge in [0.1, 0.15) is 12.2 Å². The number of hydrazine groups is 1. The number of hydrogen-bond donors (Lipinski definition) is 3. The predicted octanol–water partition coefficient (Wildman–Crippen LogP) is 2.16. The summed E-state index contributed by atoms with van der Waals surface area (Å²) < 4.78 is 19.8. The molecule has 2 aliphatic rings. The fourth-order valence-electron chi connectivity index (χ4n) is 4.18. The highest BCUT2D eigenvalue weighted by atomic mass is 35.5. The number of ether oxygens (including phenoxy) is 3. The molecule has 0 radical (unpaired) electrons. The second-order valence-electron chi connectivity index (χ2n) is 8.56. The number of thiophene rings is 1. The summed E-state index contributed by atoms with van der Waals surface area (Å²) in [6.45, 7) is 7.76. The fourth-order valence-corrected chi connectivity index (χ4v) is 5.11. The zero-order valence-corrected chi connectivity index (χ0v) is 20.9. The van der Waals surface area contributed by atoms with Crippen molar-refractivity contribution >= 4 is 51.7 Å². The number of halogens is 1. The van der Waals surface area contributed by atoms with E-state index in [0.29, 0.717) is 22.6 Å². The number of likely N-dealkylation sites (N-methyl/N-ethyl adjacent to an activating group) is 1. The van der Waals surface area contributed by atoms with Crippen molar-refractivity contribution in [2.75, 3.05) is 12.0 Å². The summed E-state index contributed by atoms with van der Waals surface area (Å²) in [5.74, 6) is -1.31. The minimum absolute atomic E-state index is 0.0679. The van der Waals surface area contributed by atoms with Crippen LogP contribution >= 0.6 is 22.9 Å². The Hall–Kier alpha value is -2.84. The lowest BCUT2D eigenvalue weighted by Gasteiger charge is -2.24. The Morgan fingerprint density at radius 1 is 1.23 bits per heavy atom. The van der Waals surface area contributed by atoms with Crippen LogP contribution in [-0.4, -0.2) is 62.0 Å². The molecule has 3 N–H and O–H groups in total. The lowest BCUT2D eigenvalue weighted by atomic mass is 10.1. The number of nitrogens with zero attached hydrogens (tertiary/aromatic N) is 4. The number of aryl methyl sites for hydroxylation is 1. The molecule has 3 aromatic heterocycles. The molecule has 2 fully saturated rings. The summed E-state index contributed by atoms with van der Waals surface area (Å²) in [4.78, 5) is 39.6. The fraction of sp³-hybridized carbons (Fsp3) is 0.476. The van der Waals surface area contributed by atoms with Crippen molar-refractivity contribution in [2.45, 2.75) is 58.0 Å². The first-order chi connectivity index (χ1) is 16.7. The van der Waals surface area contributed by atoms with Gasteiger partial charge < -0.3 is 19.5 Å². The topological polar surface area (TPSA) is 142 Å². The summed E-state index contributed by atoms with van der Waals surface area (Å²) in [7, 11) is 0. The molecule has 5 rings (SSSR count). The molecule has 186 valence electrons. The quantitative estimate of drug-likeness (QED) is 0.328. The monoisotopic (exact) mass is 521 g/mol. The molecule has 14 heteroatoms. The van der Waals surface area contributed by atoms with Gasteiger partial charge in [0.25, 0.3) is 11.8 Å². The molecular formula is C21H24ClN7O5S. The predicted molar refractivity (Wildman–Crippen MR) is 127 cm³/mol. The van der Waals surface area contributed by atoms with Gasteiger partial charge in [0.05, 0.1) is 11.2 Å². The zero-order valence-electron chi connectivity index (χ0n) is 19.4. The Kier molecular flexibility index (Phi) is 6.13. The minimum Gasteiger partial charge on any atom is -0.354 e. The van der Waals surface area contributed by atoms with Crippen LogP contribution in [0.4, 0.5) is 5.82 Å².